The summed E-state index contributed by atoms with van der Waals surface area (Å²) < 4.78 is 0. The minimum absolute atomic E-state index is 0.115. The molecule has 1 saturated heterocycles. The number of benzene rings is 1. The molecule has 1 aromatic carbocycles. The van der Waals surface area contributed by atoms with Crippen LogP contribution in [-0.2, 0) is 22.6 Å². The molecule has 1 aromatic heterocycles. The summed E-state index contributed by atoms with van der Waals surface area (Å²) in [6.07, 6.45) is 3.81. The highest BCUT2D eigenvalue weighted by Gasteiger charge is 2.31. The van der Waals surface area contributed by atoms with Crippen molar-refractivity contribution in [1.82, 2.24) is 20.5 Å². The number of nitrogen functional groups attached to an aromatic ring is 1. The fraction of sp³-hybridized carbons (Fsp3) is 0.421. The van der Waals surface area contributed by atoms with Crippen LogP contribution in [-0.4, -0.2) is 47.4 Å². The lowest BCUT2D eigenvalue weighted by Gasteiger charge is -2.23. The van der Waals surface area contributed by atoms with Gasteiger partial charge in [-0.1, -0.05) is 23.7 Å². The summed E-state index contributed by atoms with van der Waals surface area (Å²) in [7, 11) is 1.93. The minimum atomic E-state index is -0.673. The summed E-state index contributed by atoms with van der Waals surface area (Å²) in [6, 6.07) is 6.41. The predicted octanol–water partition coefficient (Wildman–Crippen LogP) is 1.82. The summed E-state index contributed by atoms with van der Waals surface area (Å²) in [5.41, 5.74) is 6.55. The van der Waals surface area contributed by atoms with Gasteiger partial charge in [-0.05, 0) is 44.1 Å². The molecule has 3 rings (SSSR count). The number of anilines is 1. The van der Waals surface area contributed by atoms with Gasteiger partial charge in [-0.3, -0.25) is 14.5 Å². The van der Waals surface area contributed by atoms with E-state index >= 15 is 0 Å². The second-order valence-corrected chi connectivity index (χ2v) is 8.50. The number of halogens is 1. The molecule has 1 aliphatic heterocycles. The van der Waals surface area contributed by atoms with Gasteiger partial charge in [-0.25, -0.2) is 4.98 Å². The lowest BCUT2D eigenvalue weighted by atomic mass is 10.0. The van der Waals surface area contributed by atoms with Gasteiger partial charge in [-0.2, -0.15) is 0 Å². The van der Waals surface area contributed by atoms with Crippen molar-refractivity contribution in [1.29, 1.82) is 0 Å². The van der Waals surface area contributed by atoms with Gasteiger partial charge in [-0.15, -0.1) is 11.3 Å². The number of rotatable bonds is 7. The summed E-state index contributed by atoms with van der Waals surface area (Å²) in [5.74, 6) is -0.355. The highest BCUT2D eigenvalue weighted by atomic mass is 35.5. The fourth-order valence-corrected chi connectivity index (χ4v) is 4.03. The van der Waals surface area contributed by atoms with Crippen LogP contribution >= 0.6 is 22.9 Å². The number of nitrogens with two attached hydrogens (primary N) is 1. The number of carbonyl (C=O) groups excluding carboxylic acids is 2. The Balaban J connectivity index is 1.67. The Kier molecular flexibility index (Phi) is 6.88. The van der Waals surface area contributed by atoms with Crippen LogP contribution in [0.15, 0.2) is 30.5 Å². The SMILES string of the molecule is CN1CCC[C@@H]1C(=O)N[C@@H](Cc1ccc(Cl)cc1)C(=O)NCc1cnc(N)s1. The monoisotopic (exact) mass is 421 g/mol. The molecule has 1 fully saturated rings. The number of aromatic nitrogens is 1. The van der Waals surface area contributed by atoms with E-state index in [4.69, 9.17) is 17.3 Å². The fourth-order valence-electron chi connectivity index (χ4n) is 3.28. The zero-order valence-electron chi connectivity index (χ0n) is 15.7. The van der Waals surface area contributed by atoms with Gasteiger partial charge < -0.3 is 16.4 Å². The van der Waals surface area contributed by atoms with Gasteiger partial charge in [0.25, 0.3) is 0 Å². The van der Waals surface area contributed by atoms with Crippen LogP contribution in [0.25, 0.3) is 0 Å². The third-order valence-corrected chi connectivity index (χ3v) is 5.90. The van der Waals surface area contributed by atoms with Crippen LogP contribution in [0.5, 0.6) is 0 Å². The molecule has 2 aromatic rings. The zero-order valence-corrected chi connectivity index (χ0v) is 17.2. The van der Waals surface area contributed by atoms with E-state index in [1.807, 2.05) is 24.1 Å². The molecular formula is C19H24ClN5O2S. The predicted molar refractivity (Wildman–Crippen MR) is 111 cm³/mol. The van der Waals surface area contributed by atoms with Crippen LogP contribution in [0, 0.1) is 0 Å². The standard InChI is InChI=1S/C19H24ClN5O2S/c1-25-8-2-3-16(25)18(27)24-15(9-12-4-6-13(20)7-5-12)17(26)22-10-14-11-23-19(21)28-14/h4-7,11,15-16H,2-3,8-10H2,1H3,(H2,21,23)(H,22,26)(H,24,27)/t15-,16+/m0/s1. The number of likely N-dealkylation sites (tertiary alicyclic amines) is 1. The van der Waals surface area contributed by atoms with Crippen LogP contribution in [0.3, 0.4) is 0 Å². The first kappa shape index (κ1) is 20.6. The maximum absolute atomic E-state index is 12.8. The third kappa shape index (κ3) is 5.43. The molecule has 0 bridgehead atoms. The van der Waals surface area contributed by atoms with Crippen LogP contribution in [0.4, 0.5) is 5.13 Å². The molecule has 2 amide bonds. The second-order valence-electron chi connectivity index (χ2n) is 6.91. The molecule has 0 saturated carbocycles. The van der Waals surface area contributed by atoms with E-state index in [-0.39, 0.29) is 17.9 Å². The van der Waals surface area contributed by atoms with Crippen LogP contribution < -0.4 is 16.4 Å². The van der Waals surface area contributed by atoms with E-state index in [0.29, 0.717) is 23.1 Å². The smallest absolute Gasteiger partial charge is 0.243 e. The lowest BCUT2D eigenvalue weighted by Crippen LogP contribution is -2.52. The zero-order chi connectivity index (χ0) is 20.1. The summed E-state index contributed by atoms with van der Waals surface area (Å²) >= 11 is 7.27. The van der Waals surface area contributed by atoms with Gasteiger partial charge in [0.2, 0.25) is 11.8 Å². The number of likely N-dealkylation sites (N-methyl/N-ethyl adjacent to an activating group) is 1. The number of nitrogens with one attached hydrogen (secondary N) is 2. The quantitative estimate of drug-likeness (QED) is 0.633. The van der Waals surface area contributed by atoms with E-state index in [9.17, 15) is 9.59 Å². The van der Waals surface area contributed by atoms with E-state index in [1.54, 1.807) is 18.3 Å². The molecule has 150 valence electrons. The van der Waals surface area contributed by atoms with Gasteiger partial charge in [0.15, 0.2) is 5.13 Å². The second kappa shape index (κ2) is 9.36. The Hall–Kier alpha value is -2.16. The molecule has 2 heterocycles. The van der Waals surface area contributed by atoms with E-state index in [1.165, 1.54) is 11.3 Å². The third-order valence-electron chi connectivity index (χ3n) is 4.82. The first-order chi connectivity index (χ1) is 13.4. The van der Waals surface area contributed by atoms with Crippen molar-refractivity contribution in [2.24, 2.45) is 0 Å². The van der Waals surface area contributed by atoms with E-state index in [0.717, 1.165) is 29.8 Å². The van der Waals surface area contributed by atoms with Gasteiger partial charge in [0.1, 0.15) is 6.04 Å². The molecule has 28 heavy (non-hydrogen) atoms. The van der Waals surface area contributed by atoms with Gasteiger partial charge in [0.05, 0.1) is 12.6 Å². The Morgan fingerprint density at radius 1 is 1.39 bits per heavy atom. The van der Waals surface area contributed by atoms with Crippen molar-refractivity contribution in [3.8, 4) is 0 Å². The molecule has 0 aliphatic carbocycles. The Bertz CT molecular complexity index is 826. The minimum Gasteiger partial charge on any atom is -0.375 e. The highest BCUT2D eigenvalue weighted by Crippen LogP contribution is 2.17. The van der Waals surface area contributed by atoms with Crippen molar-refractivity contribution < 1.29 is 9.59 Å². The highest BCUT2D eigenvalue weighted by molar-refractivity contribution is 7.15. The molecule has 0 unspecified atom stereocenters. The number of hydrogen-bond donors (Lipinski definition) is 3. The molecule has 1 aliphatic rings. The maximum atomic E-state index is 12.8. The van der Waals surface area contributed by atoms with Gasteiger partial charge >= 0.3 is 0 Å². The molecular weight excluding hydrogens is 398 g/mol. The summed E-state index contributed by atoms with van der Waals surface area (Å²) in [6.45, 7) is 1.21. The lowest BCUT2D eigenvalue weighted by molar-refractivity contribution is -0.131. The summed E-state index contributed by atoms with van der Waals surface area (Å²) in [5, 5.41) is 6.89. The van der Waals surface area contributed by atoms with Crippen molar-refractivity contribution >= 4 is 39.9 Å². The van der Waals surface area contributed by atoms with Crippen molar-refractivity contribution in [3.63, 3.8) is 0 Å². The largest absolute Gasteiger partial charge is 0.375 e. The molecule has 2 atom stereocenters. The average Bonchev–Trinajstić information content (AvgIpc) is 3.29. The maximum Gasteiger partial charge on any atom is 0.243 e. The normalized spacial score (nSPS) is 18.0. The van der Waals surface area contributed by atoms with Crippen molar-refractivity contribution in [2.45, 2.75) is 37.9 Å². The average molecular weight is 422 g/mol. The number of amides is 2. The number of thiazole rings is 1. The topological polar surface area (TPSA) is 100 Å². The molecule has 0 spiro atoms. The first-order valence-electron chi connectivity index (χ1n) is 9.15. The molecule has 0 radical (unpaired) electrons. The first-order valence-corrected chi connectivity index (χ1v) is 10.3. The Morgan fingerprint density at radius 3 is 2.75 bits per heavy atom. The number of nitrogens with zero attached hydrogens (tertiary/aromatic N) is 2. The van der Waals surface area contributed by atoms with Crippen LogP contribution in [0.2, 0.25) is 5.02 Å². The van der Waals surface area contributed by atoms with Crippen LogP contribution in [0.1, 0.15) is 23.3 Å². The van der Waals surface area contributed by atoms with E-state index < -0.39 is 6.04 Å². The summed E-state index contributed by atoms with van der Waals surface area (Å²) in [4.78, 5) is 32.4. The number of carbonyl (C=O) groups is 2. The molecule has 9 heteroatoms. The number of hydrogen-bond acceptors (Lipinski definition) is 6. The molecule has 4 N–H and O–H groups in total. The van der Waals surface area contributed by atoms with Crippen molar-refractivity contribution in [2.75, 3.05) is 19.3 Å². The Morgan fingerprint density at radius 2 is 2.14 bits per heavy atom. The van der Waals surface area contributed by atoms with E-state index in [2.05, 4.69) is 15.6 Å². The van der Waals surface area contributed by atoms with Gasteiger partial charge in [0, 0.05) is 22.5 Å². The van der Waals surface area contributed by atoms with Crippen molar-refractivity contribution in [3.05, 3.63) is 45.9 Å². The Labute approximate surface area is 173 Å². The molecule has 7 nitrogen and oxygen atoms in total.